The Morgan fingerprint density at radius 1 is 1.35 bits per heavy atom. The first-order valence-corrected chi connectivity index (χ1v) is 6.34. The largest absolute Gasteiger partial charge is 0.458 e. The molecule has 0 radical (unpaired) electrons. The normalized spacial score (nSPS) is 42.6. The molecule has 1 aromatic heterocycles. The number of ether oxygens (including phenoxy) is 1. The van der Waals surface area contributed by atoms with Crippen LogP contribution < -0.4 is 4.74 Å². The highest BCUT2D eigenvalue weighted by molar-refractivity contribution is 5.26. The third-order valence-corrected chi connectivity index (χ3v) is 4.80. The fourth-order valence-corrected chi connectivity index (χ4v) is 3.94. The molecule has 4 heteroatoms. The van der Waals surface area contributed by atoms with Gasteiger partial charge < -0.3 is 4.74 Å². The van der Waals surface area contributed by atoms with Gasteiger partial charge in [-0.05, 0) is 43.7 Å². The van der Waals surface area contributed by atoms with Crippen molar-refractivity contribution in [2.24, 2.45) is 11.3 Å². The van der Waals surface area contributed by atoms with E-state index < -0.39 is 0 Å². The first kappa shape index (κ1) is 9.83. The lowest BCUT2D eigenvalue weighted by Crippen LogP contribution is -2.56. The van der Waals surface area contributed by atoms with Gasteiger partial charge in [0.25, 0.3) is 0 Å². The Bertz CT molecular complexity index is 460. The van der Waals surface area contributed by atoms with E-state index in [0.29, 0.717) is 23.6 Å². The van der Waals surface area contributed by atoms with E-state index in [4.69, 9.17) is 4.74 Å². The van der Waals surface area contributed by atoms with Gasteiger partial charge in [0.05, 0.1) is 6.04 Å². The molecule has 1 aliphatic heterocycles. The highest BCUT2D eigenvalue weighted by Gasteiger charge is 2.74. The number of hydrogen-bond donors (Lipinski definition) is 0. The molecule has 4 rings (SSSR count). The van der Waals surface area contributed by atoms with Crippen LogP contribution in [0.25, 0.3) is 0 Å². The van der Waals surface area contributed by atoms with E-state index >= 15 is 0 Å². The van der Waals surface area contributed by atoms with Crippen molar-refractivity contribution in [3.8, 4) is 6.01 Å². The molecule has 3 fully saturated rings. The lowest BCUT2D eigenvalue weighted by atomic mass is 9.73. The molecule has 3 aliphatic rings. The molecule has 0 aromatic carbocycles. The molecular formula is C13H17N3O. The Hall–Kier alpha value is -1.16. The number of piperidine rings is 1. The van der Waals surface area contributed by atoms with Crippen LogP contribution in [0.15, 0.2) is 12.4 Å². The Kier molecular flexibility index (Phi) is 1.73. The summed E-state index contributed by atoms with van der Waals surface area (Å²) in [7, 11) is 2.21. The van der Waals surface area contributed by atoms with Crippen molar-refractivity contribution >= 4 is 0 Å². The van der Waals surface area contributed by atoms with Crippen LogP contribution in [0.1, 0.15) is 18.4 Å². The van der Waals surface area contributed by atoms with Gasteiger partial charge in [-0.2, -0.15) is 0 Å². The zero-order chi connectivity index (χ0) is 11.6. The van der Waals surface area contributed by atoms with Gasteiger partial charge in [0.1, 0.15) is 6.10 Å². The van der Waals surface area contributed by atoms with Gasteiger partial charge in [0.15, 0.2) is 0 Å². The quantitative estimate of drug-likeness (QED) is 0.768. The standard InChI is InChI=1S/C13H17N3O/c1-8-5-14-12(15-6-8)17-10-4-13-3-9(13)7-16(2)11(10)13/h5-6,9-11H,3-4,7H2,1-2H3. The van der Waals surface area contributed by atoms with E-state index in [1.54, 1.807) is 0 Å². The van der Waals surface area contributed by atoms with Gasteiger partial charge in [0, 0.05) is 18.9 Å². The number of likely N-dealkylation sites (tertiary alicyclic amines) is 1. The fourth-order valence-electron chi connectivity index (χ4n) is 3.94. The number of rotatable bonds is 2. The van der Waals surface area contributed by atoms with Gasteiger partial charge in [-0.25, -0.2) is 9.97 Å². The minimum absolute atomic E-state index is 0.301. The van der Waals surface area contributed by atoms with Crippen molar-refractivity contribution in [3.05, 3.63) is 18.0 Å². The molecule has 2 aliphatic carbocycles. The van der Waals surface area contributed by atoms with Crippen LogP contribution in [0.4, 0.5) is 0 Å². The second-order valence-electron chi connectivity index (χ2n) is 5.92. The number of likely N-dealkylation sites (N-methyl/N-ethyl adjacent to an activating group) is 1. The monoisotopic (exact) mass is 231 g/mol. The van der Waals surface area contributed by atoms with Crippen LogP contribution in [-0.4, -0.2) is 40.6 Å². The van der Waals surface area contributed by atoms with Crippen molar-refractivity contribution in [3.63, 3.8) is 0 Å². The summed E-state index contributed by atoms with van der Waals surface area (Å²) in [4.78, 5) is 10.9. The lowest BCUT2D eigenvalue weighted by molar-refractivity contribution is -0.0365. The summed E-state index contributed by atoms with van der Waals surface area (Å²) in [6, 6.07) is 1.14. The second-order valence-corrected chi connectivity index (χ2v) is 5.92. The van der Waals surface area contributed by atoms with Crippen LogP contribution in [0.5, 0.6) is 6.01 Å². The first-order valence-electron chi connectivity index (χ1n) is 6.34. The molecule has 17 heavy (non-hydrogen) atoms. The summed E-state index contributed by atoms with van der Waals surface area (Å²) in [6.07, 6.45) is 6.54. The van der Waals surface area contributed by atoms with E-state index in [9.17, 15) is 0 Å². The summed E-state index contributed by atoms with van der Waals surface area (Å²) < 4.78 is 5.92. The van der Waals surface area contributed by atoms with Crippen LogP contribution in [0.2, 0.25) is 0 Å². The van der Waals surface area contributed by atoms with Crippen molar-refractivity contribution in [1.82, 2.24) is 14.9 Å². The van der Waals surface area contributed by atoms with Gasteiger partial charge in [-0.15, -0.1) is 0 Å². The molecule has 2 heterocycles. The molecule has 0 amide bonds. The Morgan fingerprint density at radius 2 is 2.12 bits per heavy atom. The maximum absolute atomic E-state index is 5.92. The molecule has 0 bridgehead atoms. The van der Waals surface area contributed by atoms with Crippen LogP contribution in [0.3, 0.4) is 0 Å². The number of aryl methyl sites for hydroxylation is 1. The Labute approximate surface area is 101 Å². The lowest BCUT2D eigenvalue weighted by Gasteiger charge is -2.45. The second kappa shape index (κ2) is 2.99. The van der Waals surface area contributed by atoms with E-state index in [2.05, 4.69) is 21.9 Å². The summed E-state index contributed by atoms with van der Waals surface area (Å²) in [5.74, 6) is 0.941. The van der Waals surface area contributed by atoms with Crippen molar-refractivity contribution in [2.75, 3.05) is 13.6 Å². The summed E-state index contributed by atoms with van der Waals surface area (Å²) >= 11 is 0. The molecular weight excluding hydrogens is 214 g/mol. The SMILES string of the molecule is Cc1cnc(OC2CC34CC3CN(C)C24)nc1. The number of aromatic nitrogens is 2. The highest BCUT2D eigenvalue weighted by atomic mass is 16.5. The molecule has 2 saturated carbocycles. The van der Waals surface area contributed by atoms with Gasteiger partial charge >= 0.3 is 6.01 Å². The third-order valence-electron chi connectivity index (χ3n) is 4.80. The minimum atomic E-state index is 0.301. The topological polar surface area (TPSA) is 38.2 Å². The van der Waals surface area contributed by atoms with Crippen LogP contribution in [0, 0.1) is 18.3 Å². The first-order chi connectivity index (χ1) is 8.19. The average molecular weight is 231 g/mol. The zero-order valence-corrected chi connectivity index (χ0v) is 10.3. The maximum atomic E-state index is 5.92. The van der Waals surface area contributed by atoms with Crippen molar-refractivity contribution in [1.29, 1.82) is 0 Å². The van der Waals surface area contributed by atoms with Crippen LogP contribution in [-0.2, 0) is 0 Å². The summed E-state index contributed by atoms with van der Waals surface area (Å²) in [6.45, 7) is 3.24. The number of nitrogens with zero attached hydrogens (tertiary/aromatic N) is 3. The molecule has 1 aromatic rings. The molecule has 0 N–H and O–H groups in total. The summed E-state index contributed by atoms with van der Waals surface area (Å²) in [5, 5.41) is 0. The van der Waals surface area contributed by atoms with Gasteiger partial charge in [-0.1, -0.05) is 0 Å². The van der Waals surface area contributed by atoms with Gasteiger partial charge in [-0.3, -0.25) is 4.90 Å². The van der Waals surface area contributed by atoms with Gasteiger partial charge in [0.2, 0.25) is 0 Å². The van der Waals surface area contributed by atoms with Crippen LogP contribution >= 0.6 is 0 Å². The van der Waals surface area contributed by atoms with E-state index in [0.717, 1.165) is 11.5 Å². The molecule has 1 spiro atoms. The highest BCUT2D eigenvalue weighted by Crippen LogP contribution is 2.71. The van der Waals surface area contributed by atoms with Crippen molar-refractivity contribution < 1.29 is 4.74 Å². The number of hydrogen-bond acceptors (Lipinski definition) is 4. The average Bonchev–Trinajstić information content (AvgIpc) is 2.91. The zero-order valence-electron chi connectivity index (χ0n) is 10.3. The maximum Gasteiger partial charge on any atom is 0.316 e. The molecule has 4 atom stereocenters. The predicted molar refractivity (Wildman–Crippen MR) is 62.8 cm³/mol. The van der Waals surface area contributed by atoms with E-state index in [1.807, 2.05) is 19.3 Å². The van der Waals surface area contributed by atoms with Crippen molar-refractivity contribution in [2.45, 2.75) is 31.9 Å². The summed E-state index contributed by atoms with van der Waals surface area (Å²) in [5.41, 5.74) is 1.69. The van der Waals surface area contributed by atoms with E-state index in [-0.39, 0.29) is 0 Å². The predicted octanol–water partition coefficient (Wildman–Crippen LogP) is 1.26. The third kappa shape index (κ3) is 1.22. The molecule has 90 valence electrons. The Balaban J connectivity index is 1.49. The smallest absolute Gasteiger partial charge is 0.316 e. The molecule has 1 saturated heterocycles. The van der Waals surface area contributed by atoms with E-state index in [1.165, 1.54) is 19.4 Å². The molecule has 4 nitrogen and oxygen atoms in total. The molecule has 4 unspecified atom stereocenters. The minimum Gasteiger partial charge on any atom is -0.458 e. The fraction of sp³-hybridized carbons (Fsp3) is 0.692. The Morgan fingerprint density at radius 3 is 2.82 bits per heavy atom.